The minimum atomic E-state index is -0.451. The maximum atomic E-state index is 12.9. The Balaban J connectivity index is 2.28. The number of carbonyl (C=O) groups is 2. The number of hydrogen-bond acceptors (Lipinski definition) is 2. The number of rotatable bonds is 4. The molecule has 2 aromatic rings. The number of amides is 2. The van der Waals surface area contributed by atoms with Crippen molar-refractivity contribution in [2.45, 2.75) is 6.92 Å². The van der Waals surface area contributed by atoms with Crippen molar-refractivity contribution < 1.29 is 14.0 Å². The Bertz CT molecular complexity index is 702. The van der Waals surface area contributed by atoms with E-state index < -0.39 is 11.7 Å². The molecule has 114 valence electrons. The lowest BCUT2D eigenvalue weighted by Gasteiger charge is -2.11. The van der Waals surface area contributed by atoms with Crippen LogP contribution in [0.15, 0.2) is 42.5 Å². The van der Waals surface area contributed by atoms with Crippen LogP contribution in [-0.2, 0) is 0 Å². The molecule has 0 atom stereocenters. The smallest absolute Gasteiger partial charge is 0.255 e. The Labute approximate surface area is 132 Å². The Kier molecular flexibility index (Phi) is 5.12. The minimum Gasteiger partial charge on any atom is -0.352 e. The molecule has 0 saturated heterocycles. The minimum absolute atomic E-state index is 0.281. The molecule has 2 aromatic carbocycles. The third-order valence-electron chi connectivity index (χ3n) is 2.92. The highest BCUT2D eigenvalue weighted by atomic mass is 35.5. The molecule has 2 N–H and O–H groups in total. The fourth-order valence-corrected chi connectivity index (χ4v) is 2.04. The van der Waals surface area contributed by atoms with Crippen LogP contribution in [-0.4, -0.2) is 18.4 Å². The van der Waals surface area contributed by atoms with Gasteiger partial charge in [-0.05, 0) is 49.4 Å². The summed E-state index contributed by atoms with van der Waals surface area (Å²) in [7, 11) is 0. The summed E-state index contributed by atoms with van der Waals surface area (Å²) >= 11 is 5.92. The average molecular weight is 321 g/mol. The summed E-state index contributed by atoms with van der Waals surface area (Å²) in [5, 5.41) is 5.67. The van der Waals surface area contributed by atoms with Gasteiger partial charge in [0.05, 0.1) is 11.3 Å². The van der Waals surface area contributed by atoms with E-state index >= 15 is 0 Å². The van der Waals surface area contributed by atoms with Crippen LogP contribution in [0.5, 0.6) is 0 Å². The first-order chi connectivity index (χ1) is 10.5. The second kappa shape index (κ2) is 7.04. The Hall–Kier alpha value is -2.40. The summed E-state index contributed by atoms with van der Waals surface area (Å²) in [4.78, 5) is 24.1. The van der Waals surface area contributed by atoms with Crippen LogP contribution in [0.2, 0.25) is 5.02 Å². The van der Waals surface area contributed by atoms with Gasteiger partial charge in [0.2, 0.25) is 0 Å². The number of anilines is 1. The monoisotopic (exact) mass is 320 g/mol. The van der Waals surface area contributed by atoms with E-state index in [9.17, 15) is 14.0 Å². The van der Waals surface area contributed by atoms with Crippen molar-refractivity contribution >= 4 is 29.1 Å². The summed E-state index contributed by atoms with van der Waals surface area (Å²) in [6, 6.07) is 9.71. The van der Waals surface area contributed by atoms with E-state index in [-0.39, 0.29) is 11.5 Å². The molecule has 0 spiro atoms. The topological polar surface area (TPSA) is 58.2 Å². The van der Waals surface area contributed by atoms with Gasteiger partial charge in [0.1, 0.15) is 5.82 Å². The summed E-state index contributed by atoms with van der Waals surface area (Å²) in [6.45, 7) is 2.26. The third kappa shape index (κ3) is 3.83. The molecule has 0 saturated carbocycles. The van der Waals surface area contributed by atoms with Crippen LogP contribution in [0.25, 0.3) is 0 Å². The second-order valence-electron chi connectivity index (χ2n) is 4.51. The van der Waals surface area contributed by atoms with Gasteiger partial charge in [0.15, 0.2) is 0 Å². The van der Waals surface area contributed by atoms with Crippen LogP contribution in [0.4, 0.5) is 10.1 Å². The second-order valence-corrected chi connectivity index (χ2v) is 4.95. The third-order valence-corrected chi connectivity index (χ3v) is 3.15. The fraction of sp³-hybridized carbons (Fsp3) is 0.125. The van der Waals surface area contributed by atoms with Crippen molar-refractivity contribution in [3.8, 4) is 0 Å². The van der Waals surface area contributed by atoms with E-state index in [1.807, 2.05) is 0 Å². The van der Waals surface area contributed by atoms with Crippen molar-refractivity contribution in [2.75, 3.05) is 11.9 Å². The van der Waals surface area contributed by atoms with Gasteiger partial charge < -0.3 is 10.6 Å². The predicted octanol–water partition coefficient (Wildman–Crippen LogP) is 3.48. The van der Waals surface area contributed by atoms with Gasteiger partial charge in [-0.1, -0.05) is 11.6 Å². The first-order valence-corrected chi connectivity index (χ1v) is 7.03. The standard InChI is InChI=1S/C16H14ClFN2O2/c1-2-19-16(22)13-8-5-11(17)9-14(13)20-15(21)10-3-6-12(18)7-4-10/h3-9H,2H2,1H3,(H,19,22)(H,20,21). The highest BCUT2D eigenvalue weighted by Crippen LogP contribution is 2.22. The van der Waals surface area contributed by atoms with E-state index in [0.29, 0.717) is 22.8 Å². The highest BCUT2D eigenvalue weighted by molar-refractivity contribution is 6.31. The van der Waals surface area contributed by atoms with Gasteiger partial charge in [0.25, 0.3) is 11.8 Å². The highest BCUT2D eigenvalue weighted by Gasteiger charge is 2.14. The Morgan fingerprint density at radius 2 is 1.77 bits per heavy atom. The first-order valence-electron chi connectivity index (χ1n) is 6.66. The summed E-state index contributed by atoms with van der Waals surface area (Å²) in [5.74, 6) is -1.19. The predicted molar refractivity (Wildman–Crippen MR) is 83.8 cm³/mol. The number of nitrogens with one attached hydrogen (secondary N) is 2. The van der Waals surface area contributed by atoms with Gasteiger partial charge in [-0.15, -0.1) is 0 Å². The first kappa shape index (κ1) is 16.0. The SMILES string of the molecule is CCNC(=O)c1ccc(Cl)cc1NC(=O)c1ccc(F)cc1. The zero-order valence-corrected chi connectivity index (χ0v) is 12.6. The molecule has 0 aromatic heterocycles. The zero-order valence-electron chi connectivity index (χ0n) is 11.8. The lowest BCUT2D eigenvalue weighted by Crippen LogP contribution is -2.24. The molecule has 0 aliphatic carbocycles. The van der Waals surface area contributed by atoms with E-state index in [2.05, 4.69) is 10.6 Å². The molecule has 6 heteroatoms. The zero-order chi connectivity index (χ0) is 16.1. The molecule has 0 aliphatic heterocycles. The number of benzene rings is 2. The van der Waals surface area contributed by atoms with E-state index in [4.69, 9.17) is 11.6 Å². The maximum absolute atomic E-state index is 12.9. The van der Waals surface area contributed by atoms with E-state index in [1.54, 1.807) is 13.0 Å². The summed E-state index contributed by atoms with van der Waals surface area (Å²) < 4.78 is 12.9. The molecule has 0 heterocycles. The molecule has 0 aliphatic rings. The molecule has 4 nitrogen and oxygen atoms in total. The quantitative estimate of drug-likeness (QED) is 0.906. The molecule has 2 amide bonds. The lowest BCUT2D eigenvalue weighted by atomic mass is 10.1. The maximum Gasteiger partial charge on any atom is 0.255 e. The number of carbonyl (C=O) groups excluding carboxylic acids is 2. The largest absolute Gasteiger partial charge is 0.352 e. The van der Waals surface area contributed by atoms with E-state index in [0.717, 1.165) is 0 Å². The van der Waals surface area contributed by atoms with Crippen LogP contribution < -0.4 is 10.6 Å². The molecular formula is C16H14ClFN2O2. The average Bonchev–Trinajstić information content (AvgIpc) is 2.48. The molecule has 0 bridgehead atoms. The van der Waals surface area contributed by atoms with Crippen LogP contribution >= 0.6 is 11.6 Å². The van der Waals surface area contributed by atoms with Gasteiger partial charge in [-0.3, -0.25) is 9.59 Å². The molecule has 22 heavy (non-hydrogen) atoms. The summed E-state index contributed by atoms with van der Waals surface area (Å²) in [5.41, 5.74) is 0.887. The molecule has 0 fully saturated rings. The molecular weight excluding hydrogens is 307 g/mol. The van der Waals surface area contributed by atoms with Crippen molar-refractivity contribution in [2.24, 2.45) is 0 Å². The van der Waals surface area contributed by atoms with Crippen molar-refractivity contribution in [3.63, 3.8) is 0 Å². The van der Waals surface area contributed by atoms with Gasteiger partial charge >= 0.3 is 0 Å². The number of hydrogen-bond donors (Lipinski definition) is 2. The fourth-order valence-electron chi connectivity index (χ4n) is 1.87. The number of halogens is 2. The van der Waals surface area contributed by atoms with Crippen LogP contribution in [0, 0.1) is 5.82 Å². The van der Waals surface area contributed by atoms with Crippen molar-refractivity contribution in [3.05, 3.63) is 64.4 Å². The molecule has 0 unspecified atom stereocenters. The van der Waals surface area contributed by atoms with Crippen molar-refractivity contribution in [1.82, 2.24) is 5.32 Å². The van der Waals surface area contributed by atoms with E-state index in [1.165, 1.54) is 36.4 Å². The summed E-state index contributed by atoms with van der Waals surface area (Å²) in [6.07, 6.45) is 0. The lowest BCUT2D eigenvalue weighted by molar-refractivity contribution is 0.0956. The van der Waals surface area contributed by atoms with Gasteiger partial charge in [-0.2, -0.15) is 0 Å². The van der Waals surface area contributed by atoms with Crippen LogP contribution in [0.1, 0.15) is 27.6 Å². The van der Waals surface area contributed by atoms with Gasteiger partial charge in [-0.25, -0.2) is 4.39 Å². The molecule has 2 rings (SSSR count). The molecule has 0 radical (unpaired) electrons. The van der Waals surface area contributed by atoms with Crippen LogP contribution in [0.3, 0.4) is 0 Å². The van der Waals surface area contributed by atoms with Gasteiger partial charge in [0, 0.05) is 17.1 Å². The van der Waals surface area contributed by atoms with Crippen molar-refractivity contribution in [1.29, 1.82) is 0 Å². The normalized spacial score (nSPS) is 10.1. The Morgan fingerprint density at radius 1 is 1.09 bits per heavy atom. The Morgan fingerprint density at radius 3 is 2.41 bits per heavy atom.